The van der Waals surface area contributed by atoms with Crippen LogP contribution in [0, 0.1) is 15.9 Å². The lowest BCUT2D eigenvalue weighted by Gasteiger charge is -2.11. The van der Waals surface area contributed by atoms with Crippen LogP contribution in [0.1, 0.15) is 27.6 Å². The van der Waals surface area contributed by atoms with Crippen LogP contribution in [0.2, 0.25) is 0 Å². The maximum Gasteiger partial charge on any atom is 0.293 e. The van der Waals surface area contributed by atoms with Crippen LogP contribution in [0.3, 0.4) is 0 Å². The van der Waals surface area contributed by atoms with Gasteiger partial charge in [-0.1, -0.05) is 12.1 Å². The van der Waals surface area contributed by atoms with Gasteiger partial charge in [-0.15, -0.1) is 5.10 Å². The predicted molar refractivity (Wildman–Crippen MR) is 102 cm³/mol. The number of halogens is 1. The molecule has 146 valence electrons. The summed E-state index contributed by atoms with van der Waals surface area (Å²) in [5, 5.41) is 15.6. The van der Waals surface area contributed by atoms with Gasteiger partial charge >= 0.3 is 0 Å². The van der Waals surface area contributed by atoms with Crippen molar-refractivity contribution >= 4 is 17.3 Å². The van der Waals surface area contributed by atoms with Crippen LogP contribution in [0.15, 0.2) is 47.5 Å². The Labute approximate surface area is 164 Å². The van der Waals surface area contributed by atoms with Crippen LogP contribution in [0.25, 0.3) is 5.69 Å². The molecule has 0 bridgehead atoms. The maximum absolute atomic E-state index is 14.5. The van der Waals surface area contributed by atoms with E-state index in [-0.39, 0.29) is 35.2 Å². The third-order valence-electron chi connectivity index (χ3n) is 4.45. The average Bonchev–Trinajstić information content (AvgIpc) is 3.06. The Kier molecular flexibility index (Phi) is 4.38. The second-order valence-corrected chi connectivity index (χ2v) is 6.57. The summed E-state index contributed by atoms with van der Waals surface area (Å²) in [7, 11) is 3.17. The predicted octanol–water partition coefficient (Wildman–Crippen LogP) is 2.37. The fraction of sp³-hybridized carbons (Fsp3) is 0.158. The van der Waals surface area contributed by atoms with Gasteiger partial charge in [0.15, 0.2) is 5.82 Å². The largest absolute Gasteiger partial charge is 0.342 e. The van der Waals surface area contributed by atoms with Crippen molar-refractivity contribution in [1.82, 2.24) is 19.7 Å². The quantitative estimate of drug-likeness (QED) is 0.501. The summed E-state index contributed by atoms with van der Waals surface area (Å²) in [4.78, 5) is 33.1. The minimum absolute atomic E-state index is 0.0150. The molecule has 0 saturated carbocycles. The van der Waals surface area contributed by atoms with Gasteiger partial charge in [0, 0.05) is 37.4 Å². The number of aliphatic imine (C=N–C) groups is 1. The molecule has 3 aromatic rings. The molecule has 0 fully saturated rings. The van der Waals surface area contributed by atoms with Crippen molar-refractivity contribution in [2.75, 3.05) is 14.1 Å². The lowest BCUT2D eigenvalue weighted by molar-refractivity contribution is -0.384. The first-order valence-corrected chi connectivity index (χ1v) is 8.63. The molecule has 10 heteroatoms. The fourth-order valence-electron chi connectivity index (χ4n) is 3.06. The number of hydrogen-bond acceptors (Lipinski definition) is 6. The zero-order valence-corrected chi connectivity index (χ0v) is 15.5. The Morgan fingerprint density at radius 1 is 1.21 bits per heavy atom. The highest BCUT2D eigenvalue weighted by atomic mass is 19.1. The summed E-state index contributed by atoms with van der Waals surface area (Å²) in [6.07, 6.45) is 0. The minimum Gasteiger partial charge on any atom is -0.342 e. The van der Waals surface area contributed by atoms with Crippen molar-refractivity contribution in [3.63, 3.8) is 0 Å². The normalized spacial score (nSPS) is 12.4. The van der Waals surface area contributed by atoms with Gasteiger partial charge in [-0.25, -0.2) is 14.1 Å². The highest BCUT2D eigenvalue weighted by Crippen LogP contribution is 2.28. The molecule has 1 amide bonds. The van der Waals surface area contributed by atoms with Gasteiger partial charge < -0.3 is 4.90 Å². The monoisotopic (exact) mass is 394 g/mol. The number of fused-ring (bicyclic) bond motifs is 3. The van der Waals surface area contributed by atoms with E-state index in [1.165, 1.54) is 33.8 Å². The third-order valence-corrected chi connectivity index (χ3v) is 4.45. The molecule has 0 radical (unpaired) electrons. The number of carbonyl (C=O) groups is 1. The van der Waals surface area contributed by atoms with E-state index >= 15 is 0 Å². The van der Waals surface area contributed by atoms with Crippen molar-refractivity contribution in [3.8, 4) is 5.69 Å². The van der Waals surface area contributed by atoms with Crippen LogP contribution in [0.5, 0.6) is 0 Å². The average molecular weight is 394 g/mol. The second kappa shape index (κ2) is 6.89. The van der Waals surface area contributed by atoms with E-state index in [0.29, 0.717) is 17.1 Å². The van der Waals surface area contributed by atoms with E-state index in [4.69, 9.17) is 0 Å². The van der Waals surface area contributed by atoms with Gasteiger partial charge in [0.1, 0.15) is 5.82 Å². The van der Waals surface area contributed by atoms with E-state index < -0.39 is 10.7 Å². The highest BCUT2D eigenvalue weighted by Gasteiger charge is 2.27. The molecule has 0 spiro atoms. The number of hydrogen-bond donors (Lipinski definition) is 0. The number of nitro groups is 1. The minimum atomic E-state index is -0.534. The number of carbonyl (C=O) groups excluding carboxylic acids is 1. The number of nitro benzene ring substituents is 1. The zero-order valence-electron chi connectivity index (χ0n) is 15.5. The number of benzene rings is 2. The van der Waals surface area contributed by atoms with E-state index in [1.807, 2.05) is 0 Å². The van der Waals surface area contributed by atoms with E-state index in [2.05, 4.69) is 15.1 Å². The van der Waals surface area contributed by atoms with Gasteiger partial charge in [0.2, 0.25) is 5.82 Å². The van der Waals surface area contributed by atoms with Crippen LogP contribution in [-0.4, -0.2) is 50.3 Å². The highest BCUT2D eigenvalue weighted by molar-refractivity contribution is 6.15. The molecule has 4 rings (SSSR count). The molecular weight excluding hydrogens is 379 g/mol. The van der Waals surface area contributed by atoms with Crippen LogP contribution in [0.4, 0.5) is 10.1 Å². The SMILES string of the molecule is CN(C)C(=O)c1nc2n(n1)-c1ccc([N+](=O)[O-])cc1C(c1ccccc1F)=NC2. The lowest BCUT2D eigenvalue weighted by Crippen LogP contribution is -2.23. The number of aromatic nitrogens is 3. The van der Waals surface area contributed by atoms with Crippen molar-refractivity contribution in [3.05, 3.63) is 81.2 Å². The molecule has 1 aliphatic rings. The molecule has 0 N–H and O–H groups in total. The topological polar surface area (TPSA) is 107 Å². The van der Waals surface area contributed by atoms with Gasteiger partial charge in [-0.05, 0) is 18.2 Å². The van der Waals surface area contributed by atoms with Gasteiger partial charge in [0.25, 0.3) is 11.6 Å². The maximum atomic E-state index is 14.5. The summed E-state index contributed by atoms with van der Waals surface area (Å²) in [5.41, 5.74) is 1.06. The van der Waals surface area contributed by atoms with E-state index in [9.17, 15) is 19.3 Å². The summed E-state index contributed by atoms with van der Waals surface area (Å²) in [5.74, 6) is -0.525. The number of non-ortho nitro benzene ring substituents is 1. The molecule has 0 atom stereocenters. The van der Waals surface area contributed by atoms with Gasteiger partial charge in [-0.2, -0.15) is 0 Å². The molecule has 9 nitrogen and oxygen atoms in total. The molecule has 0 unspecified atom stereocenters. The van der Waals surface area contributed by atoms with Crippen molar-refractivity contribution in [2.24, 2.45) is 4.99 Å². The molecule has 1 aromatic heterocycles. The Balaban J connectivity index is 1.95. The summed E-state index contributed by atoms with van der Waals surface area (Å²) in [6.45, 7) is 0.0276. The molecule has 2 aromatic carbocycles. The molecule has 0 aliphatic carbocycles. The smallest absolute Gasteiger partial charge is 0.293 e. The lowest BCUT2D eigenvalue weighted by atomic mass is 9.99. The fourth-order valence-corrected chi connectivity index (χ4v) is 3.06. The first-order valence-electron chi connectivity index (χ1n) is 8.63. The Morgan fingerprint density at radius 3 is 2.66 bits per heavy atom. The van der Waals surface area contributed by atoms with Crippen molar-refractivity contribution < 1.29 is 14.1 Å². The number of rotatable bonds is 3. The Hall–Kier alpha value is -3.95. The van der Waals surface area contributed by atoms with Crippen LogP contribution >= 0.6 is 0 Å². The summed E-state index contributed by atoms with van der Waals surface area (Å²) in [6, 6.07) is 10.2. The van der Waals surface area contributed by atoms with E-state index in [0.717, 1.165) is 0 Å². The molecule has 2 heterocycles. The molecular formula is C19H15FN6O3. The van der Waals surface area contributed by atoms with Crippen LogP contribution < -0.4 is 0 Å². The first-order chi connectivity index (χ1) is 13.9. The molecule has 29 heavy (non-hydrogen) atoms. The Morgan fingerprint density at radius 2 is 1.97 bits per heavy atom. The second-order valence-electron chi connectivity index (χ2n) is 6.57. The van der Waals surface area contributed by atoms with Crippen molar-refractivity contribution in [2.45, 2.75) is 6.54 Å². The number of amides is 1. The number of nitrogens with zero attached hydrogens (tertiary/aromatic N) is 6. The molecule has 0 saturated heterocycles. The zero-order chi connectivity index (χ0) is 20.7. The first kappa shape index (κ1) is 18.4. The molecule has 1 aliphatic heterocycles. The summed E-state index contributed by atoms with van der Waals surface area (Å²) < 4.78 is 15.9. The van der Waals surface area contributed by atoms with Gasteiger partial charge in [-0.3, -0.25) is 19.9 Å². The Bertz CT molecular complexity index is 1180. The standard InChI is InChI=1S/C19H15FN6O3/c1-24(2)19(27)18-22-16-10-21-17(12-5-3-4-6-14(12)20)13-9-11(26(28)29)7-8-15(13)25(16)23-18/h3-9H,10H2,1-2H3. The van der Waals surface area contributed by atoms with Crippen molar-refractivity contribution in [1.29, 1.82) is 0 Å². The third kappa shape index (κ3) is 3.14. The summed E-state index contributed by atoms with van der Waals surface area (Å²) >= 11 is 0. The van der Waals surface area contributed by atoms with E-state index in [1.54, 1.807) is 32.3 Å². The van der Waals surface area contributed by atoms with Crippen LogP contribution in [-0.2, 0) is 6.54 Å². The van der Waals surface area contributed by atoms with Gasteiger partial charge in [0.05, 0.1) is 22.9 Å².